The van der Waals surface area contributed by atoms with Gasteiger partial charge in [-0.2, -0.15) is 0 Å². The lowest BCUT2D eigenvalue weighted by Gasteiger charge is -2.46. The van der Waals surface area contributed by atoms with Gasteiger partial charge in [-0.25, -0.2) is 22.9 Å². The highest BCUT2D eigenvalue weighted by Crippen LogP contribution is 2.43. The van der Waals surface area contributed by atoms with Crippen LogP contribution < -0.4 is 5.32 Å². The van der Waals surface area contributed by atoms with Gasteiger partial charge in [0.25, 0.3) is 5.91 Å². The molecule has 4 unspecified atom stereocenters. The first-order chi connectivity index (χ1) is 17.9. The van der Waals surface area contributed by atoms with Gasteiger partial charge in [0.2, 0.25) is 0 Å². The topological polar surface area (TPSA) is 95.4 Å². The number of carbonyl (C=O) groups excluding carboxylic acids is 1. The highest BCUT2D eigenvalue weighted by atomic mass is 32.1. The number of amides is 2. The molecule has 0 bridgehead atoms. The van der Waals surface area contributed by atoms with Crippen LogP contribution in [0, 0.1) is 17.6 Å². The van der Waals surface area contributed by atoms with Crippen molar-refractivity contribution in [2.45, 2.75) is 64.2 Å². The number of nitrogens with zero attached hydrogens (tertiary/aromatic N) is 3. The van der Waals surface area contributed by atoms with Crippen LogP contribution >= 0.6 is 11.3 Å². The van der Waals surface area contributed by atoms with Gasteiger partial charge in [-0.05, 0) is 69.2 Å². The number of nitrogens with one attached hydrogen (secondary N) is 1. The van der Waals surface area contributed by atoms with Crippen molar-refractivity contribution in [1.29, 1.82) is 0 Å². The summed E-state index contributed by atoms with van der Waals surface area (Å²) in [6.45, 7) is 6.95. The largest absolute Gasteiger partial charge is 0.465 e. The summed E-state index contributed by atoms with van der Waals surface area (Å²) >= 11 is 0.941. The Morgan fingerprint density at radius 2 is 1.84 bits per heavy atom. The van der Waals surface area contributed by atoms with Gasteiger partial charge in [-0.1, -0.05) is 13.0 Å². The van der Waals surface area contributed by atoms with E-state index in [4.69, 9.17) is 0 Å². The molecule has 0 aliphatic heterocycles. The van der Waals surface area contributed by atoms with Crippen molar-refractivity contribution in [3.63, 3.8) is 0 Å². The van der Waals surface area contributed by atoms with Crippen LogP contribution in [0.25, 0.3) is 10.6 Å². The van der Waals surface area contributed by atoms with Gasteiger partial charge in [0, 0.05) is 17.1 Å². The Morgan fingerprint density at radius 3 is 2.47 bits per heavy atom. The van der Waals surface area contributed by atoms with E-state index in [1.165, 1.54) is 22.5 Å². The molecule has 1 aliphatic rings. The van der Waals surface area contributed by atoms with Crippen LogP contribution in [-0.4, -0.2) is 49.7 Å². The zero-order valence-corrected chi connectivity index (χ0v) is 22.2. The Balaban J connectivity index is 1.60. The average molecular weight is 547 g/mol. The third-order valence-electron chi connectivity index (χ3n) is 6.81. The van der Waals surface area contributed by atoms with Crippen LogP contribution in [-0.2, 0) is 0 Å². The van der Waals surface area contributed by atoms with Gasteiger partial charge in [-0.3, -0.25) is 14.7 Å². The molecule has 0 radical (unpaired) electrons. The predicted molar refractivity (Wildman–Crippen MR) is 139 cm³/mol. The second-order valence-corrected chi connectivity index (χ2v) is 11.4. The Morgan fingerprint density at radius 1 is 1.16 bits per heavy atom. The first-order valence-corrected chi connectivity index (χ1v) is 13.1. The Bertz CT molecular complexity index is 1320. The molecule has 0 spiro atoms. The van der Waals surface area contributed by atoms with Crippen LogP contribution in [0.3, 0.4) is 0 Å². The molecule has 2 amide bonds. The van der Waals surface area contributed by atoms with Crippen LogP contribution in [0.2, 0.25) is 0 Å². The molecule has 38 heavy (non-hydrogen) atoms. The molecule has 7 nitrogen and oxygen atoms in total. The number of alkyl halides is 1. The number of thiazole rings is 1. The van der Waals surface area contributed by atoms with E-state index >= 15 is 4.39 Å². The number of anilines is 1. The highest BCUT2D eigenvalue weighted by molar-refractivity contribution is 7.13. The number of pyridine rings is 1. The maximum atomic E-state index is 15.4. The van der Waals surface area contributed by atoms with E-state index in [1.54, 1.807) is 40.0 Å². The zero-order valence-electron chi connectivity index (χ0n) is 21.4. The van der Waals surface area contributed by atoms with E-state index in [0.29, 0.717) is 17.7 Å². The maximum Gasteiger partial charge on any atom is 0.408 e. The van der Waals surface area contributed by atoms with Crippen molar-refractivity contribution < 1.29 is 27.9 Å². The van der Waals surface area contributed by atoms with E-state index < -0.39 is 47.3 Å². The minimum absolute atomic E-state index is 0.0223. The van der Waals surface area contributed by atoms with Crippen molar-refractivity contribution in [2.24, 2.45) is 5.92 Å². The van der Waals surface area contributed by atoms with E-state index in [0.717, 1.165) is 23.5 Å². The third-order valence-corrected chi connectivity index (χ3v) is 7.67. The average Bonchev–Trinajstić information content (AvgIpc) is 3.31. The Labute approximate surface area is 222 Å². The minimum Gasteiger partial charge on any atom is -0.465 e. The normalized spacial score (nSPS) is 21.7. The van der Waals surface area contributed by atoms with Crippen LogP contribution in [0.1, 0.15) is 62.5 Å². The summed E-state index contributed by atoms with van der Waals surface area (Å²) in [6, 6.07) is 4.35. The SMILES string of the molecule is CC1CC(c2ccncc2NC(=O)c2csc(-c3c(F)cccc3F)n2)CC(N(C(=O)O)C(C)(C)C)C1F. The maximum absolute atomic E-state index is 15.4. The molecule has 1 saturated carbocycles. The second-order valence-electron chi connectivity index (χ2n) is 10.5. The van der Waals surface area contributed by atoms with Crippen molar-refractivity contribution in [3.05, 3.63) is 64.9 Å². The molecule has 2 N–H and O–H groups in total. The van der Waals surface area contributed by atoms with Crippen LogP contribution in [0.4, 0.5) is 23.7 Å². The molecular weight excluding hydrogens is 517 g/mol. The second kappa shape index (κ2) is 10.7. The quantitative estimate of drug-likeness (QED) is 0.370. The van der Waals surface area contributed by atoms with Gasteiger partial charge < -0.3 is 10.4 Å². The van der Waals surface area contributed by atoms with Crippen molar-refractivity contribution in [3.8, 4) is 10.6 Å². The number of hydrogen-bond donors (Lipinski definition) is 2. The highest BCUT2D eigenvalue weighted by Gasteiger charge is 2.45. The van der Waals surface area contributed by atoms with E-state index in [9.17, 15) is 23.5 Å². The molecule has 0 saturated heterocycles. The number of benzene rings is 1. The van der Waals surface area contributed by atoms with E-state index in [2.05, 4.69) is 15.3 Å². The summed E-state index contributed by atoms with van der Waals surface area (Å²) in [5.74, 6) is -2.82. The fraction of sp³-hybridized carbons (Fsp3) is 0.407. The monoisotopic (exact) mass is 546 g/mol. The number of carboxylic acid groups (broad SMARTS) is 1. The Kier molecular flexibility index (Phi) is 7.78. The minimum atomic E-state index is -1.34. The molecule has 1 aliphatic carbocycles. The lowest BCUT2D eigenvalue weighted by molar-refractivity contribution is -0.00289. The number of rotatable bonds is 5. The molecule has 202 valence electrons. The van der Waals surface area contributed by atoms with Crippen molar-refractivity contribution >= 4 is 29.0 Å². The van der Waals surface area contributed by atoms with Gasteiger partial charge in [0.15, 0.2) is 0 Å². The van der Waals surface area contributed by atoms with Crippen LogP contribution in [0.5, 0.6) is 0 Å². The van der Waals surface area contributed by atoms with Gasteiger partial charge in [0.05, 0.1) is 23.5 Å². The first kappa shape index (κ1) is 27.6. The van der Waals surface area contributed by atoms with E-state index in [-0.39, 0.29) is 28.6 Å². The lowest BCUT2D eigenvalue weighted by atomic mass is 9.73. The van der Waals surface area contributed by atoms with Crippen molar-refractivity contribution in [2.75, 3.05) is 5.32 Å². The summed E-state index contributed by atoms with van der Waals surface area (Å²) in [5.41, 5.74) is -0.0472. The molecule has 2 heterocycles. The Hall–Kier alpha value is -3.47. The number of halogens is 3. The fourth-order valence-electron chi connectivity index (χ4n) is 5.15. The summed E-state index contributed by atoms with van der Waals surface area (Å²) in [4.78, 5) is 34.6. The lowest BCUT2D eigenvalue weighted by Crippen LogP contribution is -2.57. The van der Waals surface area contributed by atoms with Crippen LogP contribution in [0.15, 0.2) is 42.0 Å². The van der Waals surface area contributed by atoms with Gasteiger partial charge >= 0.3 is 6.09 Å². The molecule has 1 aromatic carbocycles. The van der Waals surface area contributed by atoms with Gasteiger partial charge in [0.1, 0.15) is 28.5 Å². The third kappa shape index (κ3) is 5.52. The summed E-state index contributed by atoms with van der Waals surface area (Å²) in [7, 11) is 0. The molecule has 4 rings (SSSR count). The predicted octanol–water partition coefficient (Wildman–Crippen LogP) is 6.73. The molecule has 2 aromatic heterocycles. The molecule has 11 heteroatoms. The fourth-order valence-corrected chi connectivity index (χ4v) is 6.00. The smallest absolute Gasteiger partial charge is 0.408 e. The molecular formula is C27H29F3N4O3S. The zero-order chi connectivity index (χ0) is 27.8. The van der Waals surface area contributed by atoms with E-state index in [1.807, 2.05) is 0 Å². The number of hydrogen-bond acceptors (Lipinski definition) is 5. The molecule has 4 atom stereocenters. The van der Waals surface area contributed by atoms with Crippen molar-refractivity contribution in [1.82, 2.24) is 14.9 Å². The number of carbonyl (C=O) groups is 2. The molecule has 1 fully saturated rings. The van der Waals surface area contributed by atoms with Gasteiger partial charge in [-0.15, -0.1) is 11.3 Å². The standard InChI is InChI=1S/C27H29F3N4O3S/c1-14-10-15(11-21(23(14)30)34(26(36)37)27(2,3)4)16-8-9-31-12-19(16)32-24(35)20-13-38-25(33-20)22-17(28)6-5-7-18(22)29/h5-9,12-15,21,23H,10-11H2,1-4H3,(H,32,35)(H,36,37). The number of aromatic nitrogens is 2. The summed E-state index contributed by atoms with van der Waals surface area (Å²) in [5, 5.41) is 14.1. The molecule has 3 aromatic rings. The summed E-state index contributed by atoms with van der Waals surface area (Å²) < 4.78 is 43.7. The summed E-state index contributed by atoms with van der Waals surface area (Å²) in [6.07, 6.45) is 1.19. The first-order valence-electron chi connectivity index (χ1n) is 12.2.